The molecule has 0 atom stereocenters. The maximum atomic E-state index is 8.90. The molecule has 1 heterocycles. The number of aryl methyl sites for hydroxylation is 3. The standard InChI is InChI=1S/C13H14N3/c1-10-4-11(2)6-12(5-10)16-8-13(7-14)15(3)9-16/h4-6,8-9H,1-3H3/q+1. The largest absolute Gasteiger partial charge is 0.249 e. The van der Waals surface area contributed by atoms with Crippen molar-refractivity contribution in [2.75, 3.05) is 0 Å². The number of imidazole rings is 1. The summed E-state index contributed by atoms with van der Waals surface area (Å²) in [5.41, 5.74) is 4.20. The Morgan fingerprint density at radius 3 is 2.31 bits per heavy atom. The van der Waals surface area contributed by atoms with Gasteiger partial charge in [0.2, 0.25) is 12.0 Å². The number of hydrogen-bond acceptors (Lipinski definition) is 1. The first-order chi connectivity index (χ1) is 7.60. The highest BCUT2D eigenvalue weighted by Gasteiger charge is 2.11. The molecule has 0 amide bonds. The lowest BCUT2D eigenvalue weighted by atomic mass is 10.1. The molecule has 16 heavy (non-hydrogen) atoms. The quantitative estimate of drug-likeness (QED) is 0.663. The second kappa shape index (κ2) is 3.82. The number of benzene rings is 1. The van der Waals surface area contributed by atoms with Crippen molar-refractivity contribution in [1.82, 2.24) is 4.57 Å². The van der Waals surface area contributed by atoms with E-state index in [1.165, 1.54) is 11.1 Å². The lowest BCUT2D eigenvalue weighted by molar-refractivity contribution is -0.673. The maximum absolute atomic E-state index is 8.90. The van der Waals surface area contributed by atoms with Crippen LogP contribution in [0.1, 0.15) is 16.8 Å². The molecular formula is C13H14N3+. The van der Waals surface area contributed by atoms with Crippen LogP contribution < -0.4 is 4.57 Å². The van der Waals surface area contributed by atoms with Gasteiger partial charge >= 0.3 is 0 Å². The molecular weight excluding hydrogens is 198 g/mol. The van der Waals surface area contributed by atoms with Crippen LogP contribution in [0.4, 0.5) is 0 Å². The predicted molar refractivity (Wildman–Crippen MR) is 61.1 cm³/mol. The third-order valence-electron chi connectivity index (χ3n) is 2.56. The van der Waals surface area contributed by atoms with Gasteiger partial charge in [-0.3, -0.25) is 0 Å². The molecule has 3 heteroatoms. The highest BCUT2D eigenvalue weighted by Crippen LogP contribution is 2.13. The first-order valence-corrected chi connectivity index (χ1v) is 5.16. The Hall–Kier alpha value is -2.08. The highest BCUT2D eigenvalue weighted by atomic mass is 15.1. The van der Waals surface area contributed by atoms with Gasteiger partial charge in [0.1, 0.15) is 11.8 Å². The number of hydrogen-bond donors (Lipinski definition) is 0. The lowest BCUT2D eigenvalue weighted by Crippen LogP contribution is -2.28. The minimum Gasteiger partial charge on any atom is -0.224 e. The summed E-state index contributed by atoms with van der Waals surface area (Å²) in [6.45, 7) is 4.15. The van der Waals surface area contributed by atoms with Crippen molar-refractivity contribution in [3.05, 3.63) is 47.5 Å². The van der Waals surface area contributed by atoms with E-state index in [9.17, 15) is 0 Å². The Balaban J connectivity index is 2.55. The normalized spacial score (nSPS) is 10.1. The van der Waals surface area contributed by atoms with Crippen molar-refractivity contribution in [3.8, 4) is 11.8 Å². The molecule has 0 unspecified atom stereocenters. The van der Waals surface area contributed by atoms with Gasteiger partial charge in [-0.2, -0.15) is 5.26 Å². The van der Waals surface area contributed by atoms with Gasteiger partial charge in [-0.1, -0.05) is 6.07 Å². The molecule has 0 saturated heterocycles. The van der Waals surface area contributed by atoms with Gasteiger partial charge in [0.15, 0.2) is 6.20 Å². The monoisotopic (exact) mass is 212 g/mol. The molecule has 1 aromatic heterocycles. The molecule has 2 rings (SSSR count). The molecule has 0 N–H and O–H groups in total. The molecule has 0 aliphatic rings. The van der Waals surface area contributed by atoms with Gasteiger partial charge in [0.05, 0.1) is 7.05 Å². The molecule has 0 aliphatic heterocycles. The number of nitriles is 1. The Kier molecular flexibility index (Phi) is 2.49. The second-order valence-electron chi connectivity index (χ2n) is 4.11. The Labute approximate surface area is 95.2 Å². The molecule has 0 spiro atoms. The van der Waals surface area contributed by atoms with E-state index in [0.717, 1.165) is 5.69 Å². The van der Waals surface area contributed by atoms with Gasteiger partial charge in [-0.05, 0) is 37.1 Å². The summed E-state index contributed by atoms with van der Waals surface area (Å²) in [5, 5.41) is 8.90. The van der Waals surface area contributed by atoms with Crippen LogP contribution in [0.2, 0.25) is 0 Å². The predicted octanol–water partition coefficient (Wildman–Crippen LogP) is 1.79. The highest BCUT2D eigenvalue weighted by molar-refractivity contribution is 5.39. The van der Waals surface area contributed by atoms with E-state index in [1.807, 2.05) is 28.7 Å². The fraction of sp³-hybridized carbons (Fsp3) is 0.231. The van der Waals surface area contributed by atoms with Gasteiger partial charge in [0, 0.05) is 0 Å². The van der Waals surface area contributed by atoms with E-state index in [0.29, 0.717) is 5.69 Å². The third kappa shape index (κ3) is 1.82. The van der Waals surface area contributed by atoms with Crippen LogP contribution in [-0.4, -0.2) is 4.57 Å². The molecule has 3 nitrogen and oxygen atoms in total. The zero-order chi connectivity index (χ0) is 11.7. The zero-order valence-electron chi connectivity index (χ0n) is 9.73. The third-order valence-corrected chi connectivity index (χ3v) is 2.56. The lowest BCUT2D eigenvalue weighted by Gasteiger charge is -2.00. The summed E-state index contributed by atoms with van der Waals surface area (Å²) in [7, 11) is 1.87. The van der Waals surface area contributed by atoms with Crippen LogP contribution in [-0.2, 0) is 7.05 Å². The summed E-state index contributed by atoms with van der Waals surface area (Å²) >= 11 is 0. The maximum Gasteiger partial charge on any atom is 0.249 e. The molecule has 0 bridgehead atoms. The molecule has 0 fully saturated rings. The van der Waals surface area contributed by atoms with E-state index < -0.39 is 0 Å². The van der Waals surface area contributed by atoms with E-state index in [-0.39, 0.29) is 0 Å². The van der Waals surface area contributed by atoms with Crippen LogP contribution in [0.25, 0.3) is 5.69 Å². The van der Waals surface area contributed by atoms with E-state index >= 15 is 0 Å². The van der Waals surface area contributed by atoms with Crippen LogP contribution in [0.15, 0.2) is 30.7 Å². The van der Waals surface area contributed by atoms with E-state index in [1.54, 1.807) is 0 Å². The van der Waals surface area contributed by atoms with Crippen LogP contribution in [0.3, 0.4) is 0 Å². The fourth-order valence-corrected chi connectivity index (χ4v) is 1.85. The van der Waals surface area contributed by atoms with Crippen molar-refractivity contribution in [3.63, 3.8) is 0 Å². The number of aromatic nitrogens is 2. The molecule has 1 aromatic carbocycles. The van der Waals surface area contributed by atoms with Gasteiger partial charge < -0.3 is 0 Å². The van der Waals surface area contributed by atoms with Crippen molar-refractivity contribution in [2.24, 2.45) is 7.05 Å². The fourth-order valence-electron chi connectivity index (χ4n) is 1.85. The van der Waals surface area contributed by atoms with Gasteiger partial charge in [-0.15, -0.1) is 0 Å². The molecule has 0 saturated carbocycles. The number of nitrogens with zero attached hydrogens (tertiary/aromatic N) is 3. The minimum absolute atomic E-state index is 0.652. The Morgan fingerprint density at radius 1 is 1.19 bits per heavy atom. The Bertz CT molecular complexity index is 553. The van der Waals surface area contributed by atoms with E-state index in [4.69, 9.17) is 5.26 Å². The van der Waals surface area contributed by atoms with Crippen molar-refractivity contribution < 1.29 is 4.57 Å². The average molecular weight is 212 g/mol. The number of rotatable bonds is 1. The van der Waals surface area contributed by atoms with Crippen molar-refractivity contribution in [2.45, 2.75) is 13.8 Å². The molecule has 80 valence electrons. The average Bonchev–Trinajstić information content (AvgIpc) is 2.58. The van der Waals surface area contributed by atoms with Crippen LogP contribution in [0.5, 0.6) is 0 Å². The molecule has 0 radical (unpaired) electrons. The first-order valence-electron chi connectivity index (χ1n) is 5.16. The van der Waals surface area contributed by atoms with Crippen LogP contribution in [0, 0.1) is 25.2 Å². The summed E-state index contributed by atoms with van der Waals surface area (Å²) in [6, 6.07) is 8.50. The molecule has 2 aromatic rings. The summed E-state index contributed by atoms with van der Waals surface area (Å²) in [5.74, 6) is 0. The van der Waals surface area contributed by atoms with Crippen molar-refractivity contribution in [1.29, 1.82) is 5.26 Å². The topological polar surface area (TPSA) is 32.6 Å². The molecule has 0 aliphatic carbocycles. The minimum atomic E-state index is 0.652. The van der Waals surface area contributed by atoms with Gasteiger partial charge in [0.25, 0.3) is 0 Å². The van der Waals surface area contributed by atoms with E-state index in [2.05, 4.69) is 38.1 Å². The summed E-state index contributed by atoms with van der Waals surface area (Å²) in [4.78, 5) is 0. The van der Waals surface area contributed by atoms with Crippen LogP contribution >= 0.6 is 0 Å². The summed E-state index contributed by atoms with van der Waals surface area (Å²) < 4.78 is 3.79. The second-order valence-corrected chi connectivity index (χ2v) is 4.11. The first kappa shape index (κ1) is 10.4. The smallest absolute Gasteiger partial charge is 0.224 e. The SMILES string of the molecule is Cc1cc(C)cc(-n2cc(C#N)[n+](C)c2)c1. The van der Waals surface area contributed by atoms with Gasteiger partial charge in [-0.25, -0.2) is 9.13 Å². The Morgan fingerprint density at radius 2 is 1.81 bits per heavy atom. The summed E-state index contributed by atoms with van der Waals surface area (Å²) in [6.07, 6.45) is 3.75. The zero-order valence-corrected chi connectivity index (χ0v) is 9.73. The van der Waals surface area contributed by atoms with Crippen molar-refractivity contribution >= 4 is 0 Å².